The summed E-state index contributed by atoms with van der Waals surface area (Å²) in [5.74, 6) is 0. The second-order valence-corrected chi connectivity index (χ2v) is 20.2. The van der Waals surface area contributed by atoms with Gasteiger partial charge >= 0.3 is 0 Å². The van der Waals surface area contributed by atoms with E-state index in [1.54, 1.807) is 0 Å². The number of rotatable bonds is 5. The zero-order valence-corrected chi connectivity index (χ0v) is 23.4. The van der Waals surface area contributed by atoms with Gasteiger partial charge in [-0.15, -0.1) is 0 Å². The summed E-state index contributed by atoms with van der Waals surface area (Å²) >= 11 is 35.2. The lowest BCUT2D eigenvalue weighted by Crippen LogP contribution is -2.58. The predicted molar refractivity (Wildman–Crippen MR) is 111 cm³/mol. The van der Waals surface area contributed by atoms with Gasteiger partial charge in [-0.05, 0) is 0 Å². The molecule has 0 heterocycles. The summed E-state index contributed by atoms with van der Waals surface area (Å²) < 4.78 is -3.14. The minimum absolute atomic E-state index is 0.120. The van der Waals surface area contributed by atoms with Crippen LogP contribution in [-0.2, 0) is 0 Å². The van der Waals surface area contributed by atoms with Crippen molar-refractivity contribution in [2.24, 2.45) is 0 Å². The second kappa shape index (κ2) is 7.55. The van der Waals surface area contributed by atoms with Crippen LogP contribution in [0, 0.1) is 0 Å². The Kier molecular flexibility index (Phi) is 9.67. The van der Waals surface area contributed by atoms with Crippen LogP contribution in [0.15, 0.2) is 0 Å². The monoisotopic (exact) mass is 881 g/mol. The van der Waals surface area contributed by atoms with Gasteiger partial charge in [-0.25, -0.2) is 0 Å². The molecule has 1 nitrogen and oxygen atoms in total. The first-order chi connectivity index (χ1) is 7.25. The molecule has 0 unspecified atom stereocenters. The van der Waals surface area contributed by atoms with Crippen LogP contribution in [0.4, 0.5) is 0 Å². The molecule has 11 heteroatoms. The molecule has 0 spiro atoms. The summed E-state index contributed by atoms with van der Waals surface area (Å²) in [4.78, 5) is 0. The molecule has 0 saturated carbocycles. The second-order valence-electron chi connectivity index (χ2n) is 2.94. The highest BCUT2D eigenvalue weighted by molar-refractivity contribution is 9.35. The van der Waals surface area contributed by atoms with Crippen molar-refractivity contribution in [3.63, 3.8) is 0 Å². The van der Waals surface area contributed by atoms with Crippen molar-refractivity contribution >= 4 is 159 Å². The lowest BCUT2D eigenvalue weighted by Gasteiger charge is -2.48. The average Bonchev–Trinajstić information content (AvgIpc) is 2.16. The molecule has 0 bridgehead atoms. The molecular weight excluding hydrogens is 887 g/mol. The smallest absolute Gasteiger partial charge is 0.135 e. The number of hydrogen-bond donors (Lipinski definition) is 1. The van der Waals surface area contributed by atoms with Gasteiger partial charge in [0.05, 0.1) is 10.3 Å². The zero-order valence-electron chi connectivity index (χ0n) is 7.51. The van der Waals surface area contributed by atoms with Gasteiger partial charge in [-0.2, -0.15) is 0 Å². The molecule has 0 amide bonds. The Labute approximate surface area is 184 Å². The molecule has 0 aromatic rings. The van der Waals surface area contributed by atoms with Crippen LogP contribution < -0.4 is 0 Å². The summed E-state index contributed by atoms with van der Waals surface area (Å²) in [5, 5.41) is 9.45. The van der Waals surface area contributed by atoms with Crippen LogP contribution in [-0.4, -0.2) is 28.4 Å². The Morgan fingerprint density at radius 1 is 0.765 bits per heavy atom. The summed E-state index contributed by atoms with van der Waals surface area (Å²) in [6.07, 6.45) is 0. The molecule has 0 aliphatic heterocycles. The third-order valence-corrected chi connectivity index (χ3v) is 20.7. The maximum absolute atomic E-state index is 9.45. The normalized spacial score (nSPS) is 15.5. The summed E-state index contributed by atoms with van der Waals surface area (Å²) in [6.45, 7) is -0.159. The first kappa shape index (κ1) is 21.8. The number of aliphatic hydroxyl groups is 1. The van der Waals surface area contributed by atoms with Crippen molar-refractivity contribution in [2.75, 3.05) is 6.61 Å². The van der Waals surface area contributed by atoms with E-state index in [2.05, 4.69) is 159 Å². The van der Waals surface area contributed by atoms with E-state index >= 15 is 0 Å². The van der Waals surface area contributed by atoms with E-state index in [1.165, 1.54) is 0 Å². The molecule has 0 atom stereocenters. The number of aliphatic hydroxyl groups excluding tert-OH is 1. The quantitative estimate of drug-likeness (QED) is 0.294. The van der Waals surface area contributed by atoms with Crippen LogP contribution in [0.3, 0.4) is 0 Å². The van der Waals surface area contributed by atoms with E-state index in [1.807, 2.05) is 0 Å². The average molecular weight is 891 g/mol. The lowest BCUT2D eigenvalue weighted by atomic mass is 10.2. The fourth-order valence-electron chi connectivity index (χ4n) is 0.675. The fraction of sp³-hybridized carbons (Fsp3) is 1.00. The van der Waals surface area contributed by atoms with E-state index in [4.69, 9.17) is 0 Å². The van der Waals surface area contributed by atoms with Gasteiger partial charge in [-0.1, -0.05) is 159 Å². The maximum atomic E-state index is 9.45. The molecule has 0 aliphatic rings. The van der Waals surface area contributed by atoms with E-state index in [0.717, 1.165) is 0 Å². The minimum Gasteiger partial charge on any atom is -0.394 e. The summed E-state index contributed by atoms with van der Waals surface area (Å²) in [6, 6.07) is 0. The van der Waals surface area contributed by atoms with Gasteiger partial charge in [0, 0.05) is 0 Å². The standard InChI is InChI=1S/C6H4Br10O/c7-2(8)4(11,12)6(15,16)5(13,14)3(9,10)1-17/h2,17H,1H2. The number of halogens is 10. The van der Waals surface area contributed by atoms with Crippen molar-refractivity contribution in [3.8, 4) is 0 Å². The topological polar surface area (TPSA) is 20.2 Å². The van der Waals surface area contributed by atoms with Crippen molar-refractivity contribution in [1.82, 2.24) is 0 Å². The van der Waals surface area contributed by atoms with Gasteiger partial charge < -0.3 is 5.11 Å². The van der Waals surface area contributed by atoms with Crippen LogP contribution >= 0.6 is 159 Å². The van der Waals surface area contributed by atoms with E-state index in [0.29, 0.717) is 0 Å². The summed E-state index contributed by atoms with van der Waals surface area (Å²) in [5.41, 5.74) is 0. The SMILES string of the molecule is OCC(Br)(Br)C(Br)(Br)C(Br)(Br)C(Br)(Br)C(Br)Br. The van der Waals surface area contributed by atoms with E-state index in [-0.39, 0.29) is 10.3 Å². The molecule has 0 aliphatic carbocycles. The van der Waals surface area contributed by atoms with Crippen LogP contribution in [0.25, 0.3) is 0 Å². The Balaban J connectivity index is 5.61. The van der Waals surface area contributed by atoms with Crippen molar-refractivity contribution in [3.05, 3.63) is 0 Å². The fourth-order valence-corrected chi connectivity index (χ4v) is 7.92. The molecule has 0 aromatic carbocycles. The van der Waals surface area contributed by atoms with Gasteiger partial charge in [-0.3, -0.25) is 0 Å². The molecule has 0 radical (unpaired) electrons. The number of alkyl halides is 10. The Morgan fingerprint density at radius 3 is 1.35 bits per heavy atom. The van der Waals surface area contributed by atoms with E-state index < -0.39 is 12.9 Å². The Hall–Kier alpha value is 4.76. The van der Waals surface area contributed by atoms with Crippen LogP contribution in [0.2, 0.25) is 0 Å². The lowest BCUT2D eigenvalue weighted by molar-refractivity contribution is 0.282. The van der Waals surface area contributed by atoms with Crippen molar-refractivity contribution in [2.45, 2.75) is 16.7 Å². The van der Waals surface area contributed by atoms with Crippen molar-refractivity contribution in [1.29, 1.82) is 0 Å². The molecular formula is C6H4Br10O. The molecule has 0 aromatic heterocycles. The van der Waals surface area contributed by atoms with Gasteiger partial charge in [0.1, 0.15) is 12.9 Å². The maximum Gasteiger partial charge on any atom is 0.135 e. The highest BCUT2D eigenvalue weighted by atomic mass is 79.9. The highest BCUT2D eigenvalue weighted by Gasteiger charge is 2.66. The number of hydrogen-bond acceptors (Lipinski definition) is 1. The zero-order chi connectivity index (χ0) is 14.3. The van der Waals surface area contributed by atoms with Crippen molar-refractivity contribution < 1.29 is 5.11 Å². The highest BCUT2D eigenvalue weighted by Crippen LogP contribution is 2.68. The molecule has 17 heavy (non-hydrogen) atoms. The van der Waals surface area contributed by atoms with Crippen LogP contribution in [0.5, 0.6) is 0 Å². The first-order valence-electron chi connectivity index (χ1n) is 3.66. The Bertz CT molecular complexity index is 272. The molecule has 104 valence electrons. The molecule has 0 rings (SSSR count). The largest absolute Gasteiger partial charge is 0.394 e. The molecule has 1 N–H and O–H groups in total. The molecule has 0 fully saturated rings. The predicted octanol–water partition coefficient (Wildman–Crippen LogP) is 7.04. The van der Waals surface area contributed by atoms with Gasteiger partial charge in [0.15, 0.2) is 0 Å². The third-order valence-electron chi connectivity index (χ3n) is 1.74. The Morgan fingerprint density at radius 2 is 1.12 bits per heavy atom. The van der Waals surface area contributed by atoms with Gasteiger partial charge in [0.2, 0.25) is 0 Å². The third kappa shape index (κ3) is 4.40. The first-order valence-corrected chi connectivity index (χ1v) is 11.8. The van der Waals surface area contributed by atoms with E-state index in [9.17, 15) is 5.11 Å². The summed E-state index contributed by atoms with van der Waals surface area (Å²) in [7, 11) is 0. The van der Waals surface area contributed by atoms with Gasteiger partial charge in [0.25, 0.3) is 0 Å². The molecule has 0 saturated heterocycles. The van der Waals surface area contributed by atoms with Crippen LogP contribution in [0.1, 0.15) is 0 Å². The minimum atomic E-state index is -0.818.